The van der Waals surface area contributed by atoms with Gasteiger partial charge in [-0.25, -0.2) is 4.18 Å². The molecule has 7 heteroatoms. The Labute approximate surface area is 90.2 Å². The van der Waals surface area contributed by atoms with Gasteiger partial charge >= 0.3 is 10.4 Å². The maximum Gasteiger partial charge on any atom is 0.397 e. The van der Waals surface area contributed by atoms with Gasteiger partial charge in [-0.1, -0.05) is 6.92 Å². The molecule has 15 heavy (non-hydrogen) atoms. The summed E-state index contributed by atoms with van der Waals surface area (Å²) in [6.07, 6.45) is -0.0411. The maximum absolute atomic E-state index is 10.4. The van der Waals surface area contributed by atoms with Crippen molar-refractivity contribution >= 4 is 10.4 Å². The molecule has 0 aromatic heterocycles. The van der Waals surface area contributed by atoms with Crippen molar-refractivity contribution in [3.05, 3.63) is 0 Å². The van der Waals surface area contributed by atoms with Gasteiger partial charge < -0.3 is 9.84 Å². The minimum atomic E-state index is -4.41. The van der Waals surface area contributed by atoms with Crippen molar-refractivity contribution < 1.29 is 27.0 Å². The predicted molar refractivity (Wildman–Crippen MR) is 53.8 cm³/mol. The van der Waals surface area contributed by atoms with Crippen LogP contribution >= 0.6 is 0 Å². The molecule has 6 nitrogen and oxygen atoms in total. The Morgan fingerprint density at radius 2 is 2.00 bits per heavy atom. The van der Waals surface area contributed by atoms with Crippen LogP contribution in [0.2, 0.25) is 0 Å². The summed E-state index contributed by atoms with van der Waals surface area (Å²) < 4.78 is 38.9. The van der Waals surface area contributed by atoms with Gasteiger partial charge in [-0.05, 0) is 13.3 Å². The van der Waals surface area contributed by atoms with E-state index in [0.717, 1.165) is 0 Å². The summed E-state index contributed by atoms with van der Waals surface area (Å²) in [4.78, 5) is 0. The van der Waals surface area contributed by atoms with E-state index in [1.165, 1.54) is 0 Å². The summed E-state index contributed by atoms with van der Waals surface area (Å²) in [7, 11) is -4.41. The molecule has 0 aliphatic heterocycles. The Balaban J connectivity index is 3.98. The fraction of sp³-hybridized carbons (Fsp3) is 1.00. The lowest BCUT2D eigenvalue weighted by Crippen LogP contribution is -2.24. The molecule has 2 unspecified atom stereocenters. The summed E-state index contributed by atoms with van der Waals surface area (Å²) in [6.45, 7) is 3.60. The van der Waals surface area contributed by atoms with Crippen molar-refractivity contribution in [2.45, 2.75) is 38.9 Å². The van der Waals surface area contributed by atoms with Crippen molar-refractivity contribution in [1.82, 2.24) is 0 Å². The SMILES string of the molecule is CCC(CC(C)OCCO)OS(=O)(=O)O. The number of aliphatic hydroxyl groups is 1. The second-order valence-electron chi connectivity index (χ2n) is 3.19. The van der Waals surface area contributed by atoms with E-state index in [1.807, 2.05) is 0 Å². The molecule has 0 heterocycles. The highest BCUT2D eigenvalue weighted by atomic mass is 32.3. The third-order valence-corrected chi connectivity index (χ3v) is 2.32. The third kappa shape index (κ3) is 8.76. The van der Waals surface area contributed by atoms with Crippen LogP contribution in [0, 0.1) is 0 Å². The predicted octanol–water partition coefficient (Wildman–Crippen LogP) is 0.372. The Morgan fingerprint density at radius 1 is 1.40 bits per heavy atom. The van der Waals surface area contributed by atoms with Crippen LogP contribution in [0.5, 0.6) is 0 Å². The van der Waals surface area contributed by atoms with Crippen LogP contribution in [-0.2, 0) is 19.3 Å². The quantitative estimate of drug-likeness (QED) is 0.597. The average Bonchev–Trinajstić information content (AvgIpc) is 2.11. The van der Waals surface area contributed by atoms with Crippen molar-refractivity contribution in [1.29, 1.82) is 0 Å². The number of aliphatic hydroxyl groups excluding tert-OH is 1. The molecule has 0 rings (SSSR count). The Kier molecular flexibility index (Phi) is 7.03. The lowest BCUT2D eigenvalue weighted by molar-refractivity contribution is 0.0117. The fourth-order valence-electron chi connectivity index (χ4n) is 1.14. The average molecular weight is 242 g/mol. The van der Waals surface area contributed by atoms with Gasteiger partial charge in [0, 0.05) is 6.42 Å². The first-order valence-corrected chi connectivity index (χ1v) is 6.13. The highest BCUT2D eigenvalue weighted by molar-refractivity contribution is 7.80. The van der Waals surface area contributed by atoms with E-state index in [2.05, 4.69) is 4.18 Å². The minimum absolute atomic E-state index is 0.0830. The smallest absolute Gasteiger partial charge is 0.394 e. The molecule has 0 radical (unpaired) electrons. The maximum atomic E-state index is 10.4. The minimum Gasteiger partial charge on any atom is -0.394 e. The fourth-order valence-corrected chi connectivity index (χ4v) is 1.70. The molecule has 2 N–H and O–H groups in total. The number of rotatable bonds is 8. The third-order valence-electron chi connectivity index (χ3n) is 1.80. The van der Waals surface area contributed by atoms with Gasteiger partial charge in [0.1, 0.15) is 0 Å². The number of hydrogen-bond donors (Lipinski definition) is 2. The second-order valence-corrected chi connectivity index (χ2v) is 4.24. The van der Waals surface area contributed by atoms with Crippen molar-refractivity contribution in [3.8, 4) is 0 Å². The summed E-state index contributed by atoms with van der Waals surface area (Å²) in [6, 6.07) is 0. The van der Waals surface area contributed by atoms with Gasteiger partial charge in [0.15, 0.2) is 0 Å². The van der Waals surface area contributed by atoms with Crippen molar-refractivity contribution in [3.63, 3.8) is 0 Å². The van der Waals surface area contributed by atoms with E-state index in [4.69, 9.17) is 14.4 Å². The van der Waals surface area contributed by atoms with Gasteiger partial charge in [0.05, 0.1) is 25.4 Å². The topological polar surface area (TPSA) is 93.1 Å². The van der Waals surface area contributed by atoms with Gasteiger partial charge in [0.25, 0.3) is 0 Å². The van der Waals surface area contributed by atoms with E-state index < -0.39 is 16.5 Å². The summed E-state index contributed by atoms with van der Waals surface area (Å²) in [5, 5.41) is 8.50. The molecule has 0 aromatic carbocycles. The molecule has 0 bridgehead atoms. The molecule has 0 aliphatic carbocycles. The molecule has 0 aromatic rings. The van der Waals surface area contributed by atoms with Gasteiger partial charge in [-0.2, -0.15) is 8.42 Å². The molecule has 92 valence electrons. The molecule has 0 amide bonds. The Hall–Kier alpha value is -0.210. The summed E-state index contributed by atoms with van der Waals surface area (Å²) >= 11 is 0. The Bertz CT molecular complexity index is 250. The van der Waals surface area contributed by atoms with Crippen LogP contribution in [-0.4, -0.2) is 43.5 Å². The Morgan fingerprint density at radius 3 is 2.40 bits per heavy atom. The lowest BCUT2D eigenvalue weighted by atomic mass is 10.1. The van der Waals surface area contributed by atoms with E-state index in [-0.39, 0.29) is 19.3 Å². The first-order valence-electron chi connectivity index (χ1n) is 4.77. The van der Waals surface area contributed by atoms with Crippen LogP contribution in [0.3, 0.4) is 0 Å². The van der Waals surface area contributed by atoms with Crippen molar-refractivity contribution in [2.75, 3.05) is 13.2 Å². The monoisotopic (exact) mass is 242 g/mol. The standard InChI is InChI=1S/C8H18O6S/c1-3-8(14-15(10,11)12)6-7(2)13-5-4-9/h7-9H,3-6H2,1-2H3,(H,10,11,12). The van der Waals surface area contributed by atoms with E-state index in [0.29, 0.717) is 12.8 Å². The largest absolute Gasteiger partial charge is 0.397 e. The van der Waals surface area contributed by atoms with Crippen LogP contribution < -0.4 is 0 Å². The van der Waals surface area contributed by atoms with Crippen LogP contribution in [0.1, 0.15) is 26.7 Å². The molecule has 0 fully saturated rings. The van der Waals surface area contributed by atoms with Gasteiger partial charge in [0.2, 0.25) is 0 Å². The van der Waals surface area contributed by atoms with Gasteiger partial charge in [-0.3, -0.25) is 4.55 Å². The molecule has 0 saturated heterocycles. The molecular formula is C8H18O6S. The lowest BCUT2D eigenvalue weighted by Gasteiger charge is -2.18. The molecule has 0 spiro atoms. The van der Waals surface area contributed by atoms with E-state index in [9.17, 15) is 8.42 Å². The summed E-state index contributed by atoms with van der Waals surface area (Å²) in [5.41, 5.74) is 0. The number of ether oxygens (including phenoxy) is 1. The zero-order chi connectivity index (χ0) is 11.9. The zero-order valence-electron chi connectivity index (χ0n) is 8.92. The van der Waals surface area contributed by atoms with Gasteiger partial charge in [-0.15, -0.1) is 0 Å². The molecule has 0 saturated carbocycles. The van der Waals surface area contributed by atoms with Crippen LogP contribution in [0.25, 0.3) is 0 Å². The second kappa shape index (κ2) is 7.13. The first-order chi connectivity index (χ1) is 6.89. The summed E-state index contributed by atoms with van der Waals surface area (Å²) in [5.74, 6) is 0. The first kappa shape index (κ1) is 14.8. The zero-order valence-corrected chi connectivity index (χ0v) is 9.74. The molecule has 2 atom stereocenters. The van der Waals surface area contributed by atoms with E-state index in [1.54, 1.807) is 13.8 Å². The van der Waals surface area contributed by atoms with Crippen LogP contribution in [0.4, 0.5) is 0 Å². The van der Waals surface area contributed by atoms with Crippen LogP contribution in [0.15, 0.2) is 0 Å². The number of hydrogen-bond acceptors (Lipinski definition) is 5. The normalized spacial score (nSPS) is 16.3. The van der Waals surface area contributed by atoms with Crippen molar-refractivity contribution in [2.24, 2.45) is 0 Å². The highest BCUT2D eigenvalue weighted by Gasteiger charge is 2.18. The van der Waals surface area contributed by atoms with E-state index >= 15 is 0 Å². The molecule has 0 aliphatic rings. The highest BCUT2D eigenvalue weighted by Crippen LogP contribution is 2.11. The molecular weight excluding hydrogens is 224 g/mol.